The third-order valence-corrected chi connectivity index (χ3v) is 8.60. The molecule has 208 valence electrons. The molecule has 7 nitrogen and oxygen atoms in total. The summed E-state index contributed by atoms with van der Waals surface area (Å²) in [5, 5.41) is 2.91. The van der Waals surface area contributed by atoms with Crippen LogP contribution in [0.3, 0.4) is 0 Å². The van der Waals surface area contributed by atoms with Crippen LogP contribution in [0.4, 0.5) is 5.69 Å². The summed E-state index contributed by atoms with van der Waals surface area (Å²) in [6, 6.07) is 20.4. The van der Waals surface area contributed by atoms with E-state index in [2.05, 4.69) is 5.32 Å². The van der Waals surface area contributed by atoms with Crippen LogP contribution < -0.4 is 9.62 Å². The van der Waals surface area contributed by atoms with E-state index in [-0.39, 0.29) is 17.3 Å². The van der Waals surface area contributed by atoms with Crippen molar-refractivity contribution in [2.24, 2.45) is 0 Å². The number of amides is 2. The number of hydrogen-bond acceptors (Lipinski definition) is 4. The Hall–Kier alpha value is -3.65. The minimum absolute atomic E-state index is 0.0913. The SMILES string of the molecule is CCCCNC(=O)C(C)N(Cc1ccccc1C)C(=O)CN(c1ccc(C)cc1C)S(=O)(=O)c1ccccc1. The van der Waals surface area contributed by atoms with Gasteiger partial charge in [-0.25, -0.2) is 8.42 Å². The summed E-state index contributed by atoms with van der Waals surface area (Å²) in [5.74, 6) is -0.731. The summed E-state index contributed by atoms with van der Waals surface area (Å²) in [5.41, 5.74) is 4.02. The molecule has 0 radical (unpaired) electrons. The van der Waals surface area contributed by atoms with Crippen LogP contribution in [-0.4, -0.2) is 44.3 Å². The van der Waals surface area contributed by atoms with Crippen LogP contribution in [0.2, 0.25) is 0 Å². The largest absolute Gasteiger partial charge is 0.354 e. The highest BCUT2D eigenvalue weighted by atomic mass is 32.2. The van der Waals surface area contributed by atoms with Gasteiger partial charge in [0.2, 0.25) is 11.8 Å². The second-order valence-corrected chi connectivity index (χ2v) is 11.7. The molecule has 0 fully saturated rings. The van der Waals surface area contributed by atoms with E-state index in [9.17, 15) is 18.0 Å². The van der Waals surface area contributed by atoms with Gasteiger partial charge in [-0.3, -0.25) is 13.9 Å². The van der Waals surface area contributed by atoms with Crippen molar-refractivity contribution in [3.8, 4) is 0 Å². The Morgan fingerprint density at radius 2 is 1.56 bits per heavy atom. The fraction of sp³-hybridized carbons (Fsp3) is 0.355. The Balaban J connectivity index is 2.03. The maximum atomic E-state index is 14.0. The first kappa shape index (κ1) is 29.9. The minimum Gasteiger partial charge on any atom is -0.354 e. The van der Waals surface area contributed by atoms with Crippen molar-refractivity contribution in [1.29, 1.82) is 0 Å². The molecular formula is C31H39N3O4S. The molecule has 1 atom stereocenters. The lowest BCUT2D eigenvalue weighted by molar-refractivity contribution is -0.139. The van der Waals surface area contributed by atoms with E-state index in [0.717, 1.165) is 39.4 Å². The summed E-state index contributed by atoms with van der Waals surface area (Å²) in [7, 11) is -4.08. The Morgan fingerprint density at radius 1 is 0.897 bits per heavy atom. The molecule has 3 aromatic carbocycles. The third-order valence-electron chi connectivity index (χ3n) is 6.83. The molecule has 0 aliphatic heterocycles. The molecule has 1 N–H and O–H groups in total. The van der Waals surface area contributed by atoms with Gasteiger partial charge >= 0.3 is 0 Å². The number of aryl methyl sites for hydroxylation is 3. The van der Waals surface area contributed by atoms with Crippen molar-refractivity contribution in [2.75, 3.05) is 17.4 Å². The minimum atomic E-state index is -4.08. The summed E-state index contributed by atoms with van der Waals surface area (Å²) in [6.07, 6.45) is 1.77. The van der Waals surface area contributed by atoms with Gasteiger partial charge in [0.15, 0.2) is 0 Å². The molecule has 8 heteroatoms. The van der Waals surface area contributed by atoms with Gasteiger partial charge in [0.25, 0.3) is 10.0 Å². The second-order valence-electron chi connectivity index (χ2n) is 9.88. The number of nitrogens with one attached hydrogen (secondary N) is 1. The standard InChI is InChI=1S/C31H39N3O4S/c1-6-7-19-32-31(36)26(5)33(21-27-14-12-11-13-24(27)3)30(35)22-34(29-18-17-23(2)20-25(29)4)39(37,38)28-15-9-8-10-16-28/h8-18,20,26H,6-7,19,21-22H2,1-5H3,(H,32,36). The van der Waals surface area contributed by atoms with Gasteiger partial charge in [-0.1, -0.05) is 73.5 Å². The molecule has 0 spiro atoms. The zero-order chi connectivity index (χ0) is 28.6. The van der Waals surface area contributed by atoms with E-state index in [1.807, 2.05) is 64.1 Å². The number of sulfonamides is 1. The van der Waals surface area contributed by atoms with Crippen LogP contribution in [0, 0.1) is 20.8 Å². The predicted octanol–water partition coefficient (Wildman–Crippen LogP) is 5.14. The molecule has 0 saturated carbocycles. The lowest BCUT2D eigenvalue weighted by Crippen LogP contribution is -2.51. The molecule has 0 saturated heterocycles. The number of hydrogen-bond donors (Lipinski definition) is 1. The summed E-state index contributed by atoms with van der Waals surface area (Å²) in [6.45, 7) is 9.69. The third kappa shape index (κ3) is 7.47. The van der Waals surface area contributed by atoms with E-state index in [4.69, 9.17) is 0 Å². The van der Waals surface area contributed by atoms with Gasteiger partial charge < -0.3 is 10.2 Å². The maximum absolute atomic E-state index is 14.0. The number of carbonyl (C=O) groups excluding carboxylic acids is 2. The fourth-order valence-electron chi connectivity index (χ4n) is 4.41. The van der Waals surface area contributed by atoms with Gasteiger partial charge in [0.05, 0.1) is 10.6 Å². The quantitative estimate of drug-likeness (QED) is 0.317. The van der Waals surface area contributed by atoms with Crippen LogP contribution in [0.25, 0.3) is 0 Å². The molecule has 39 heavy (non-hydrogen) atoms. The van der Waals surface area contributed by atoms with Gasteiger partial charge in [0, 0.05) is 13.1 Å². The van der Waals surface area contributed by atoms with E-state index < -0.39 is 28.5 Å². The zero-order valence-electron chi connectivity index (χ0n) is 23.5. The summed E-state index contributed by atoms with van der Waals surface area (Å²) < 4.78 is 28.9. The Morgan fingerprint density at radius 3 is 2.21 bits per heavy atom. The summed E-state index contributed by atoms with van der Waals surface area (Å²) in [4.78, 5) is 28.6. The number of unbranched alkanes of at least 4 members (excludes halogenated alkanes) is 1. The maximum Gasteiger partial charge on any atom is 0.264 e. The molecule has 3 rings (SSSR count). The normalized spacial score (nSPS) is 12.0. The van der Waals surface area contributed by atoms with Crippen molar-refractivity contribution in [2.45, 2.75) is 64.9 Å². The molecule has 3 aromatic rings. The second kappa shape index (κ2) is 13.4. The van der Waals surface area contributed by atoms with Crippen LogP contribution in [0.1, 0.15) is 48.9 Å². The van der Waals surface area contributed by atoms with E-state index >= 15 is 0 Å². The molecule has 0 heterocycles. The lowest BCUT2D eigenvalue weighted by Gasteiger charge is -2.32. The van der Waals surface area contributed by atoms with Crippen LogP contribution in [-0.2, 0) is 26.2 Å². The van der Waals surface area contributed by atoms with E-state index in [0.29, 0.717) is 12.2 Å². The smallest absolute Gasteiger partial charge is 0.264 e. The Bertz CT molecular complexity index is 1390. The molecular weight excluding hydrogens is 510 g/mol. The van der Waals surface area contributed by atoms with Crippen molar-refractivity contribution in [1.82, 2.24) is 10.2 Å². The molecule has 0 aromatic heterocycles. The number of carbonyl (C=O) groups is 2. The molecule has 0 aliphatic carbocycles. The highest BCUT2D eigenvalue weighted by Crippen LogP contribution is 2.28. The van der Waals surface area contributed by atoms with E-state index in [1.54, 1.807) is 31.2 Å². The summed E-state index contributed by atoms with van der Waals surface area (Å²) >= 11 is 0. The topological polar surface area (TPSA) is 86.8 Å². The monoisotopic (exact) mass is 549 g/mol. The first-order chi connectivity index (χ1) is 18.6. The van der Waals surface area contributed by atoms with Crippen LogP contribution in [0.5, 0.6) is 0 Å². The molecule has 1 unspecified atom stereocenters. The van der Waals surface area contributed by atoms with E-state index in [1.165, 1.54) is 17.0 Å². The van der Waals surface area contributed by atoms with Crippen molar-refractivity contribution in [3.63, 3.8) is 0 Å². The van der Waals surface area contributed by atoms with Crippen molar-refractivity contribution < 1.29 is 18.0 Å². The van der Waals surface area contributed by atoms with Gasteiger partial charge in [-0.2, -0.15) is 0 Å². The number of rotatable bonds is 12. The van der Waals surface area contributed by atoms with Crippen molar-refractivity contribution >= 4 is 27.5 Å². The predicted molar refractivity (Wildman–Crippen MR) is 156 cm³/mol. The van der Waals surface area contributed by atoms with Gasteiger partial charge in [-0.15, -0.1) is 0 Å². The molecule has 0 bridgehead atoms. The average Bonchev–Trinajstić information content (AvgIpc) is 2.91. The number of benzene rings is 3. The highest BCUT2D eigenvalue weighted by Gasteiger charge is 2.33. The number of anilines is 1. The first-order valence-corrected chi connectivity index (χ1v) is 14.8. The van der Waals surface area contributed by atoms with Gasteiger partial charge in [0.1, 0.15) is 12.6 Å². The van der Waals surface area contributed by atoms with Gasteiger partial charge in [-0.05, 0) is 69.0 Å². The Kier molecular flexibility index (Phi) is 10.3. The highest BCUT2D eigenvalue weighted by molar-refractivity contribution is 7.92. The lowest BCUT2D eigenvalue weighted by atomic mass is 10.1. The van der Waals surface area contributed by atoms with Crippen LogP contribution >= 0.6 is 0 Å². The van der Waals surface area contributed by atoms with Crippen LogP contribution in [0.15, 0.2) is 77.7 Å². The number of nitrogens with zero attached hydrogens (tertiary/aromatic N) is 2. The fourth-order valence-corrected chi connectivity index (χ4v) is 5.91. The average molecular weight is 550 g/mol. The molecule has 0 aliphatic rings. The molecule has 2 amide bonds. The Labute approximate surface area is 232 Å². The zero-order valence-corrected chi connectivity index (χ0v) is 24.3. The van der Waals surface area contributed by atoms with Crippen molar-refractivity contribution in [3.05, 3.63) is 95.1 Å². The first-order valence-electron chi connectivity index (χ1n) is 13.3.